The van der Waals surface area contributed by atoms with Gasteiger partial charge in [-0.05, 0) is 29.2 Å². The number of nitrogens with one attached hydrogen (secondary N) is 1. The normalized spacial score (nSPS) is 15.8. The predicted molar refractivity (Wildman–Crippen MR) is 78.1 cm³/mol. The van der Waals surface area contributed by atoms with E-state index in [9.17, 15) is 4.79 Å². The van der Waals surface area contributed by atoms with Crippen LogP contribution in [0.5, 0.6) is 0 Å². The van der Waals surface area contributed by atoms with Crippen molar-refractivity contribution in [2.75, 3.05) is 0 Å². The van der Waals surface area contributed by atoms with Crippen LogP contribution >= 0.6 is 0 Å². The average Bonchev–Trinajstić information content (AvgIpc) is 2.92. The summed E-state index contributed by atoms with van der Waals surface area (Å²) in [7, 11) is 0. The summed E-state index contributed by atoms with van der Waals surface area (Å²) in [5, 5.41) is 5.54. The van der Waals surface area contributed by atoms with Gasteiger partial charge in [0.1, 0.15) is 0 Å². The Hall–Kier alpha value is -1.83. The number of rotatable bonds is 3. The molecule has 2 heteroatoms. The summed E-state index contributed by atoms with van der Waals surface area (Å²) in [5.41, 5.74) is 1.12. The summed E-state index contributed by atoms with van der Waals surface area (Å²) in [6.45, 7) is 0. The number of fused-ring (bicyclic) bond motifs is 1. The monoisotopic (exact) mass is 253 g/mol. The van der Waals surface area contributed by atoms with Gasteiger partial charge in [0.25, 0.3) is 0 Å². The lowest BCUT2D eigenvalue weighted by Crippen LogP contribution is -2.33. The largest absolute Gasteiger partial charge is 0.353 e. The van der Waals surface area contributed by atoms with E-state index in [0.717, 1.165) is 18.4 Å². The van der Waals surface area contributed by atoms with Crippen LogP contribution in [-0.2, 0) is 11.2 Å². The fraction of sp³-hybridized carbons (Fsp3) is 0.353. The first-order valence-corrected chi connectivity index (χ1v) is 7.09. The van der Waals surface area contributed by atoms with Crippen molar-refractivity contribution in [3.05, 3.63) is 48.0 Å². The van der Waals surface area contributed by atoms with Crippen LogP contribution in [0.4, 0.5) is 0 Å². The molecule has 0 spiro atoms. The number of carbonyl (C=O) groups excluding carboxylic acids is 1. The lowest BCUT2D eigenvalue weighted by molar-refractivity contribution is -0.121. The van der Waals surface area contributed by atoms with Crippen LogP contribution in [-0.4, -0.2) is 11.9 Å². The molecule has 0 bridgehead atoms. The van der Waals surface area contributed by atoms with Crippen molar-refractivity contribution in [2.45, 2.75) is 38.1 Å². The van der Waals surface area contributed by atoms with Gasteiger partial charge in [-0.15, -0.1) is 0 Å². The Morgan fingerprint density at radius 3 is 2.63 bits per heavy atom. The van der Waals surface area contributed by atoms with Gasteiger partial charge in [-0.1, -0.05) is 55.3 Å². The average molecular weight is 253 g/mol. The summed E-state index contributed by atoms with van der Waals surface area (Å²) in [5.74, 6) is 0.156. The summed E-state index contributed by atoms with van der Waals surface area (Å²) >= 11 is 0. The molecule has 0 aliphatic heterocycles. The van der Waals surface area contributed by atoms with E-state index >= 15 is 0 Å². The minimum atomic E-state index is 0.156. The summed E-state index contributed by atoms with van der Waals surface area (Å²) < 4.78 is 0. The lowest BCUT2D eigenvalue weighted by Gasteiger charge is -2.12. The number of hydrogen-bond donors (Lipinski definition) is 1. The summed E-state index contributed by atoms with van der Waals surface area (Å²) in [6.07, 6.45) is 5.26. The second-order valence-electron chi connectivity index (χ2n) is 5.36. The van der Waals surface area contributed by atoms with Crippen LogP contribution < -0.4 is 5.32 Å². The van der Waals surface area contributed by atoms with Gasteiger partial charge in [-0.2, -0.15) is 0 Å². The molecule has 1 saturated carbocycles. The van der Waals surface area contributed by atoms with Crippen molar-refractivity contribution < 1.29 is 4.79 Å². The van der Waals surface area contributed by atoms with Gasteiger partial charge in [-0.25, -0.2) is 0 Å². The molecule has 0 aromatic heterocycles. The quantitative estimate of drug-likeness (QED) is 0.892. The lowest BCUT2D eigenvalue weighted by atomic mass is 10.0. The Morgan fingerprint density at radius 1 is 1.05 bits per heavy atom. The molecule has 19 heavy (non-hydrogen) atoms. The molecule has 2 aromatic rings. The van der Waals surface area contributed by atoms with Crippen LogP contribution in [0.25, 0.3) is 10.8 Å². The topological polar surface area (TPSA) is 29.1 Å². The molecule has 2 nitrogen and oxygen atoms in total. The molecule has 0 heterocycles. The van der Waals surface area contributed by atoms with Crippen LogP contribution in [0, 0.1) is 0 Å². The molecule has 0 radical (unpaired) electrons. The van der Waals surface area contributed by atoms with E-state index in [2.05, 4.69) is 29.6 Å². The molecule has 0 saturated heterocycles. The molecule has 1 fully saturated rings. The first-order valence-electron chi connectivity index (χ1n) is 7.09. The Bertz CT molecular complexity index is 579. The van der Waals surface area contributed by atoms with Crippen LogP contribution in [0.2, 0.25) is 0 Å². The Labute approximate surface area is 113 Å². The standard InChI is InChI=1S/C17H19NO/c19-17(18-15-9-2-3-10-15)12-14-8-5-7-13-6-1-4-11-16(13)14/h1,4-8,11,15H,2-3,9-10,12H2,(H,18,19). The third-order valence-electron chi connectivity index (χ3n) is 3.95. The maximum atomic E-state index is 12.1. The zero-order valence-corrected chi connectivity index (χ0v) is 11.1. The third-order valence-corrected chi connectivity index (χ3v) is 3.95. The zero-order valence-electron chi connectivity index (χ0n) is 11.1. The maximum Gasteiger partial charge on any atom is 0.224 e. The van der Waals surface area contributed by atoms with Gasteiger partial charge < -0.3 is 5.32 Å². The summed E-state index contributed by atoms with van der Waals surface area (Å²) in [6, 6.07) is 14.8. The molecule has 1 amide bonds. The first-order chi connectivity index (χ1) is 9.33. The van der Waals surface area contributed by atoms with Gasteiger partial charge in [0.05, 0.1) is 6.42 Å². The highest BCUT2D eigenvalue weighted by Crippen LogP contribution is 2.20. The van der Waals surface area contributed by atoms with Crippen LogP contribution in [0.15, 0.2) is 42.5 Å². The molecule has 3 rings (SSSR count). The van der Waals surface area contributed by atoms with E-state index in [1.165, 1.54) is 23.6 Å². The van der Waals surface area contributed by atoms with E-state index in [1.807, 2.05) is 18.2 Å². The van der Waals surface area contributed by atoms with E-state index in [1.54, 1.807) is 0 Å². The molecular formula is C17H19NO. The highest BCUT2D eigenvalue weighted by atomic mass is 16.1. The number of amides is 1. The fourth-order valence-electron chi connectivity index (χ4n) is 2.97. The van der Waals surface area contributed by atoms with Crippen LogP contribution in [0.1, 0.15) is 31.2 Å². The first kappa shape index (κ1) is 12.2. The minimum Gasteiger partial charge on any atom is -0.353 e. The SMILES string of the molecule is O=C(Cc1cccc2ccccc12)NC1CCCC1. The van der Waals surface area contributed by atoms with E-state index < -0.39 is 0 Å². The second-order valence-corrected chi connectivity index (χ2v) is 5.36. The zero-order chi connectivity index (χ0) is 13.1. The van der Waals surface area contributed by atoms with E-state index in [4.69, 9.17) is 0 Å². The molecule has 1 aliphatic rings. The fourth-order valence-corrected chi connectivity index (χ4v) is 2.97. The molecule has 1 N–H and O–H groups in total. The van der Waals surface area contributed by atoms with Crippen molar-refractivity contribution in [3.63, 3.8) is 0 Å². The van der Waals surface area contributed by atoms with Gasteiger partial charge in [0, 0.05) is 6.04 Å². The smallest absolute Gasteiger partial charge is 0.224 e. The van der Waals surface area contributed by atoms with E-state index in [0.29, 0.717) is 12.5 Å². The van der Waals surface area contributed by atoms with Gasteiger partial charge in [0.15, 0.2) is 0 Å². The molecule has 2 aromatic carbocycles. The Morgan fingerprint density at radius 2 is 1.79 bits per heavy atom. The molecule has 1 aliphatic carbocycles. The molecule has 98 valence electrons. The summed E-state index contributed by atoms with van der Waals surface area (Å²) in [4.78, 5) is 12.1. The van der Waals surface area contributed by atoms with Gasteiger partial charge >= 0.3 is 0 Å². The second kappa shape index (κ2) is 5.43. The molecule has 0 unspecified atom stereocenters. The van der Waals surface area contributed by atoms with Crippen molar-refractivity contribution in [1.82, 2.24) is 5.32 Å². The number of benzene rings is 2. The van der Waals surface area contributed by atoms with Crippen molar-refractivity contribution in [1.29, 1.82) is 0 Å². The van der Waals surface area contributed by atoms with Crippen molar-refractivity contribution >= 4 is 16.7 Å². The van der Waals surface area contributed by atoms with Gasteiger partial charge in [-0.3, -0.25) is 4.79 Å². The Kier molecular flexibility index (Phi) is 3.49. The maximum absolute atomic E-state index is 12.1. The highest BCUT2D eigenvalue weighted by molar-refractivity contribution is 5.90. The molecule has 0 atom stereocenters. The van der Waals surface area contributed by atoms with Crippen molar-refractivity contribution in [3.8, 4) is 0 Å². The number of hydrogen-bond acceptors (Lipinski definition) is 1. The number of carbonyl (C=O) groups is 1. The third kappa shape index (κ3) is 2.78. The molecular weight excluding hydrogens is 234 g/mol. The Balaban J connectivity index is 1.75. The predicted octanol–water partition coefficient (Wildman–Crippen LogP) is 3.44. The minimum absolute atomic E-state index is 0.156. The van der Waals surface area contributed by atoms with E-state index in [-0.39, 0.29) is 5.91 Å². The van der Waals surface area contributed by atoms with Crippen molar-refractivity contribution in [2.24, 2.45) is 0 Å². The van der Waals surface area contributed by atoms with Gasteiger partial charge in [0.2, 0.25) is 5.91 Å². The highest BCUT2D eigenvalue weighted by Gasteiger charge is 2.17. The van der Waals surface area contributed by atoms with Crippen LogP contribution in [0.3, 0.4) is 0 Å².